The van der Waals surface area contributed by atoms with Crippen molar-refractivity contribution in [2.45, 2.75) is 38.8 Å². The number of phenolic OH excluding ortho intramolecular Hbond substituents is 1. The third kappa shape index (κ3) is 4.26. The van der Waals surface area contributed by atoms with E-state index in [0.29, 0.717) is 5.56 Å². The van der Waals surface area contributed by atoms with Gasteiger partial charge in [0.15, 0.2) is 17.3 Å². The SMILES string of the molecule is COc1cc(C2C(C#N)=C(N)N(c3ccc(Cl)cc3C(F)(F)F)C3=C2C(=O)CC(C)(C)C3)ccc1O. The molecule has 0 aromatic heterocycles. The molecule has 6 nitrogen and oxygen atoms in total. The largest absolute Gasteiger partial charge is 0.504 e. The van der Waals surface area contributed by atoms with Crippen LogP contribution in [0.2, 0.25) is 5.02 Å². The van der Waals surface area contributed by atoms with Gasteiger partial charge < -0.3 is 15.6 Å². The molecule has 1 unspecified atom stereocenters. The van der Waals surface area contributed by atoms with Gasteiger partial charge in [0.1, 0.15) is 5.82 Å². The predicted molar refractivity (Wildman–Crippen MR) is 128 cm³/mol. The second-order valence-corrected chi connectivity index (χ2v) is 10.0. The Balaban J connectivity index is 2.06. The van der Waals surface area contributed by atoms with Crippen LogP contribution < -0.4 is 15.4 Å². The van der Waals surface area contributed by atoms with E-state index in [2.05, 4.69) is 0 Å². The number of ether oxygens (including phenoxy) is 1. The van der Waals surface area contributed by atoms with Crippen LogP contribution in [0.3, 0.4) is 0 Å². The molecule has 3 N–H and O–H groups in total. The number of aromatic hydroxyl groups is 1. The highest BCUT2D eigenvalue weighted by molar-refractivity contribution is 6.30. The third-order valence-corrected chi connectivity index (χ3v) is 6.66. The number of hydrogen-bond donors (Lipinski definition) is 2. The maximum absolute atomic E-state index is 14.1. The highest BCUT2D eigenvalue weighted by Gasteiger charge is 2.46. The van der Waals surface area contributed by atoms with Gasteiger partial charge in [-0.05, 0) is 47.7 Å². The molecule has 0 spiro atoms. The van der Waals surface area contributed by atoms with Crippen LogP contribution in [-0.2, 0) is 11.0 Å². The van der Waals surface area contributed by atoms with Gasteiger partial charge in [-0.1, -0.05) is 31.5 Å². The van der Waals surface area contributed by atoms with Crippen molar-refractivity contribution in [2.24, 2.45) is 11.1 Å². The van der Waals surface area contributed by atoms with Gasteiger partial charge in [-0.15, -0.1) is 0 Å². The molecule has 2 aromatic carbocycles. The molecule has 1 heterocycles. The summed E-state index contributed by atoms with van der Waals surface area (Å²) in [5.41, 5.74) is 5.35. The van der Waals surface area contributed by atoms with Crippen molar-refractivity contribution in [3.8, 4) is 17.6 Å². The Morgan fingerprint density at radius 2 is 1.92 bits per heavy atom. The molecular formula is C26H23ClF3N3O3. The van der Waals surface area contributed by atoms with Crippen LogP contribution in [0.25, 0.3) is 0 Å². The number of carbonyl (C=O) groups is 1. The number of alkyl halides is 3. The lowest BCUT2D eigenvalue weighted by molar-refractivity contribution is -0.137. The van der Waals surface area contributed by atoms with Gasteiger partial charge in [0.25, 0.3) is 0 Å². The Bertz CT molecular complexity index is 1370. The quantitative estimate of drug-likeness (QED) is 0.517. The van der Waals surface area contributed by atoms with Crippen LogP contribution >= 0.6 is 11.6 Å². The van der Waals surface area contributed by atoms with Crippen molar-refractivity contribution in [1.29, 1.82) is 5.26 Å². The number of nitrogens with zero attached hydrogens (tertiary/aromatic N) is 2. The fourth-order valence-electron chi connectivity index (χ4n) is 4.92. The van der Waals surface area contributed by atoms with E-state index in [9.17, 15) is 28.3 Å². The monoisotopic (exact) mass is 517 g/mol. The van der Waals surface area contributed by atoms with Gasteiger partial charge in [0.2, 0.25) is 0 Å². The molecule has 1 atom stereocenters. The standard InChI is InChI=1S/C26H23ClF3N3O3/c1-25(2)10-18-23(20(35)11-25)22(13-4-7-19(34)21(8-13)36-3)15(12-31)24(32)33(18)17-6-5-14(27)9-16(17)26(28,29)30/h4-9,22,34H,10-11,32H2,1-3H3. The van der Waals surface area contributed by atoms with Gasteiger partial charge in [-0.2, -0.15) is 18.4 Å². The highest BCUT2D eigenvalue weighted by Crippen LogP contribution is 2.52. The molecule has 1 aliphatic carbocycles. The van der Waals surface area contributed by atoms with E-state index < -0.39 is 23.1 Å². The Morgan fingerprint density at radius 1 is 1.22 bits per heavy atom. The summed E-state index contributed by atoms with van der Waals surface area (Å²) in [6, 6.07) is 9.69. The van der Waals surface area contributed by atoms with Gasteiger partial charge in [0, 0.05) is 22.7 Å². The number of nitriles is 1. The summed E-state index contributed by atoms with van der Waals surface area (Å²) >= 11 is 5.89. The summed E-state index contributed by atoms with van der Waals surface area (Å²) in [6.45, 7) is 3.69. The van der Waals surface area contributed by atoms with Crippen molar-refractivity contribution >= 4 is 23.1 Å². The van der Waals surface area contributed by atoms with Crippen LogP contribution in [0.1, 0.15) is 43.7 Å². The van der Waals surface area contributed by atoms with Crippen LogP contribution in [0, 0.1) is 16.7 Å². The van der Waals surface area contributed by atoms with Gasteiger partial charge in [-0.3, -0.25) is 9.69 Å². The third-order valence-electron chi connectivity index (χ3n) is 6.42. The minimum absolute atomic E-state index is 0.0855. The molecule has 0 saturated carbocycles. The lowest BCUT2D eigenvalue weighted by Gasteiger charge is -2.44. The summed E-state index contributed by atoms with van der Waals surface area (Å²) in [5, 5.41) is 20.1. The Labute approximate surface area is 211 Å². The fourth-order valence-corrected chi connectivity index (χ4v) is 5.09. The normalized spacial score (nSPS) is 19.8. The van der Waals surface area contributed by atoms with Crippen LogP contribution in [0.5, 0.6) is 11.5 Å². The van der Waals surface area contributed by atoms with E-state index in [4.69, 9.17) is 22.1 Å². The number of carbonyl (C=O) groups excluding carboxylic acids is 1. The molecule has 0 radical (unpaired) electrons. The Hall–Kier alpha value is -3.64. The fraction of sp³-hybridized carbons (Fsp3) is 0.308. The summed E-state index contributed by atoms with van der Waals surface area (Å²) in [6.07, 6.45) is -4.40. The molecule has 10 heteroatoms. The number of nitrogens with two attached hydrogens (primary N) is 1. The first-order valence-corrected chi connectivity index (χ1v) is 11.4. The van der Waals surface area contributed by atoms with E-state index in [0.717, 1.165) is 6.07 Å². The number of benzene rings is 2. The number of allylic oxidation sites excluding steroid dienone is 3. The summed E-state index contributed by atoms with van der Waals surface area (Å²) in [7, 11) is 1.36. The molecule has 2 aliphatic rings. The van der Waals surface area contributed by atoms with Crippen molar-refractivity contribution in [3.05, 3.63) is 75.2 Å². The highest BCUT2D eigenvalue weighted by atomic mass is 35.5. The molecule has 36 heavy (non-hydrogen) atoms. The molecule has 0 saturated heterocycles. The van der Waals surface area contributed by atoms with Gasteiger partial charge >= 0.3 is 6.18 Å². The second-order valence-electron chi connectivity index (χ2n) is 9.57. The van der Waals surface area contributed by atoms with E-state index in [1.54, 1.807) is 0 Å². The van der Waals surface area contributed by atoms with Crippen molar-refractivity contribution in [2.75, 3.05) is 12.0 Å². The van der Waals surface area contributed by atoms with Crippen molar-refractivity contribution in [1.82, 2.24) is 0 Å². The van der Waals surface area contributed by atoms with Crippen LogP contribution in [0.4, 0.5) is 18.9 Å². The number of ketones is 1. The zero-order chi connectivity index (χ0) is 26.6. The summed E-state index contributed by atoms with van der Waals surface area (Å²) < 4.78 is 47.4. The molecule has 4 rings (SSSR count). The second kappa shape index (κ2) is 8.79. The summed E-state index contributed by atoms with van der Waals surface area (Å²) in [5.74, 6) is -1.48. The Morgan fingerprint density at radius 3 is 2.53 bits per heavy atom. The topological polar surface area (TPSA) is 99.6 Å². The number of rotatable bonds is 3. The molecule has 188 valence electrons. The first-order valence-electron chi connectivity index (χ1n) is 11.0. The van der Waals surface area contributed by atoms with Crippen molar-refractivity contribution < 1.29 is 27.8 Å². The smallest absolute Gasteiger partial charge is 0.418 e. The maximum atomic E-state index is 14.1. The molecular weight excluding hydrogens is 495 g/mol. The average molecular weight is 518 g/mol. The molecule has 0 bridgehead atoms. The zero-order valence-corrected chi connectivity index (χ0v) is 20.5. The van der Waals surface area contributed by atoms with E-state index >= 15 is 0 Å². The Kier molecular flexibility index (Phi) is 6.21. The number of methoxy groups -OCH3 is 1. The van der Waals surface area contributed by atoms with E-state index in [1.165, 1.54) is 42.3 Å². The van der Waals surface area contributed by atoms with Crippen LogP contribution in [-0.4, -0.2) is 18.0 Å². The van der Waals surface area contributed by atoms with E-state index in [-0.39, 0.29) is 63.5 Å². The molecule has 2 aromatic rings. The maximum Gasteiger partial charge on any atom is 0.418 e. The molecule has 0 amide bonds. The number of phenols is 1. The minimum atomic E-state index is -4.77. The first kappa shape index (κ1) is 25.5. The minimum Gasteiger partial charge on any atom is -0.504 e. The van der Waals surface area contributed by atoms with Gasteiger partial charge in [-0.25, -0.2) is 0 Å². The lowest BCUT2D eigenvalue weighted by atomic mass is 9.68. The average Bonchev–Trinajstić information content (AvgIpc) is 2.78. The number of anilines is 1. The van der Waals surface area contributed by atoms with Gasteiger partial charge in [0.05, 0.1) is 35.9 Å². The number of hydrogen-bond acceptors (Lipinski definition) is 6. The number of halogens is 4. The molecule has 1 aliphatic heterocycles. The van der Waals surface area contributed by atoms with E-state index in [1.807, 2.05) is 19.9 Å². The zero-order valence-electron chi connectivity index (χ0n) is 19.7. The predicted octanol–water partition coefficient (Wildman–Crippen LogP) is 6.01. The first-order chi connectivity index (χ1) is 16.8. The number of Topliss-reactive ketones (excluding diaryl/α,β-unsaturated/α-hetero) is 1. The van der Waals surface area contributed by atoms with Crippen molar-refractivity contribution in [3.63, 3.8) is 0 Å². The van der Waals surface area contributed by atoms with Crippen LogP contribution in [0.15, 0.2) is 59.1 Å². The lowest BCUT2D eigenvalue weighted by Crippen LogP contribution is -2.42. The molecule has 0 fully saturated rings. The summed E-state index contributed by atoms with van der Waals surface area (Å²) in [4.78, 5) is 14.7.